The zero-order valence-corrected chi connectivity index (χ0v) is 9.56. The third-order valence-electron chi connectivity index (χ3n) is 0.983. The van der Waals surface area contributed by atoms with E-state index in [0.29, 0.717) is 0 Å². The van der Waals surface area contributed by atoms with Crippen molar-refractivity contribution in [3.05, 3.63) is 0 Å². The van der Waals surface area contributed by atoms with Gasteiger partial charge >= 0.3 is 65.9 Å². The van der Waals surface area contributed by atoms with Crippen LogP contribution in [0, 0.1) is 0 Å². The predicted octanol–water partition coefficient (Wildman–Crippen LogP) is -1.14. The van der Waals surface area contributed by atoms with Gasteiger partial charge < -0.3 is 0 Å². The van der Waals surface area contributed by atoms with Gasteiger partial charge in [-0.25, -0.2) is 0 Å². The maximum absolute atomic E-state index is 10.3. The van der Waals surface area contributed by atoms with Crippen LogP contribution in [-0.2, 0) is 4.79 Å². The molecule has 0 fully saturated rings. The van der Waals surface area contributed by atoms with Gasteiger partial charge in [0.25, 0.3) is 0 Å². The molecule has 0 heterocycles. The van der Waals surface area contributed by atoms with Crippen molar-refractivity contribution in [2.45, 2.75) is 16.3 Å². The Morgan fingerprint density at radius 3 is 2.12 bits per heavy atom. The van der Waals surface area contributed by atoms with Crippen LogP contribution in [0.15, 0.2) is 0 Å². The SMILES string of the molecule is CCC([AsH2])([AsH2])C(=O)O. The second-order valence-corrected chi connectivity index (χ2v) is 8.96. The number of rotatable bonds is 2. The van der Waals surface area contributed by atoms with Crippen molar-refractivity contribution in [2.75, 3.05) is 0 Å². The minimum atomic E-state index is -0.667. The second kappa shape index (κ2) is 2.94. The van der Waals surface area contributed by atoms with E-state index in [0.717, 1.165) is 6.42 Å². The van der Waals surface area contributed by atoms with E-state index in [-0.39, 0.29) is 0 Å². The van der Waals surface area contributed by atoms with Crippen LogP contribution < -0.4 is 0 Å². The molecule has 0 aromatic rings. The van der Waals surface area contributed by atoms with Crippen LogP contribution in [0.4, 0.5) is 0 Å². The van der Waals surface area contributed by atoms with Crippen LogP contribution in [0.1, 0.15) is 13.3 Å². The summed E-state index contributed by atoms with van der Waals surface area (Å²) in [4.78, 5) is 10.3. The molecular formula is C4H10As2O2. The van der Waals surface area contributed by atoms with Crippen molar-refractivity contribution in [3.8, 4) is 0 Å². The Hall–Kier alpha value is 0.587. The molecule has 0 radical (unpaired) electrons. The molecule has 0 saturated carbocycles. The Morgan fingerprint density at radius 1 is 1.75 bits per heavy atom. The van der Waals surface area contributed by atoms with Crippen LogP contribution in [0.5, 0.6) is 0 Å². The zero-order chi connectivity index (χ0) is 6.78. The van der Waals surface area contributed by atoms with Crippen molar-refractivity contribution in [3.63, 3.8) is 0 Å². The third kappa shape index (κ3) is 2.24. The molecule has 0 amide bonds. The molecule has 48 valence electrons. The Bertz CT molecular complexity index is 100. The van der Waals surface area contributed by atoms with E-state index in [4.69, 9.17) is 5.11 Å². The van der Waals surface area contributed by atoms with Crippen LogP contribution in [0.25, 0.3) is 0 Å². The molecule has 0 saturated heterocycles. The summed E-state index contributed by atoms with van der Waals surface area (Å²) in [6.45, 7) is 1.90. The molecule has 8 heavy (non-hydrogen) atoms. The molecule has 0 rings (SSSR count). The van der Waals surface area contributed by atoms with E-state index >= 15 is 0 Å². The summed E-state index contributed by atoms with van der Waals surface area (Å²) in [6.07, 6.45) is 0.738. The zero-order valence-electron chi connectivity index (χ0n) is 4.72. The molecule has 0 spiro atoms. The number of hydrogen-bond acceptors (Lipinski definition) is 1. The van der Waals surface area contributed by atoms with Gasteiger partial charge in [-0.1, -0.05) is 0 Å². The molecule has 0 bridgehead atoms. The van der Waals surface area contributed by atoms with E-state index in [1.165, 1.54) is 33.7 Å². The van der Waals surface area contributed by atoms with E-state index in [1.807, 2.05) is 6.92 Å². The molecule has 2 atom stereocenters. The summed E-state index contributed by atoms with van der Waals surface area (Å²) in [5.74, 6) is -0.667. The number of hydrogen-bond donors (Lipinski definition) is 1. The molecule has 0 aromatic carbocycles. The normalized spacial score (nSPS) is 11.4. The second-order valence-electron chi connectivity index (χ2n) is 1.70. The maximum atomic E-state index is 10.3. The van der Waals surface area contributed by atoms with Crippen molar-refractivity contribution in [1.82, 2.24) is 0 Å². The Labute approximate surface area is 66.0 Å². The summed E-state index contributed by atoms with van der Waals surface area (Å²) >= 11 is 2.61. The Balaban J connectivity index is 3.91. The summed E-state index contributed by atoms with van der Waals surface area (Å²) in [5, 5.41) is 8.47. The fourth-order valence-corrected chi connectivity index (χ4v) is 0.151. The molecular weight excluding hydrogens is 230 g/mol. The quantitative estimate of drug-likeness (QED) is 0.619. The number of carboxylic acid groups (broad SMARTS) is 1. The summed E-state index contributed by atoms with van der Waals surface area (Å²) in [7, 11) is 0. The molecule has 1 N–H and O–H groups in total. The fraction of sp³-hybridized carbons (Fsp3) is 0.750. The Morgan fingerprint density at radius 2 is 2.12 bits per heavy atom. The molecule has 0 aliphatic carbocycles. The van der Waals surface area contributed by atoms with Gasteiger partial charge in [0.15, 0.2) is 0 Å². The first-order valence-corrected chi connectivity index (χ1v) is 4.74. The van der Waals surface area contributed by atoms with Crippen LogP contribution in [0.2, 0.25) is 2.99 Å². The Kier molecular flexibility index (Phi) is 3.15. The third-order valence-corrected chi connectivity index (χ3v) is 3.73. The van der Waals surface area contributed by atoms with Gasteiger partial charge in [0.2, 0.25) is 0 Å². The van der Waals surface area contributed by atoms with E-state index in [9.17, 15) is 4.79 Å². The fourth-order valence-electron chi connectivity index (χ4n) is 0.151. The summed E-state index contributed by atoms with van der Waals surface area (Å²) in [5.41, 5.74) is 0. The molecule has 0 aliphatic heterocycles. The van der Waals surface area contributed by atoms with Crippen molar-refractivity contribution in [1.29, 1.82) is 0 Å². The van der Waals surface area contributed by atoms with Crippen molar-refractivity contribution >= 4 is 39.7 Å². The van der Waals surface area contributed by atoms with E-state index in [1.54, 1.807) is 0 Å². The molecule has 0 aromatic heterocycles. The number of aliphatic carboxylic acids is 1. The van der Waals surface area contributed by atoms with Crippen molar-refractivity contribution < 1.29 is 9.90 Å². The topological polar surface area (TPSA) is 37.3 Å². The van der Waals surface area contributed by atoms with Crippen LogP contribution >= 0.6 is 0 Å². The molecule has 4 heteroatoms. The number of carboxylic acids is 1. The van der Waals surface area contributed by atoms with Gasteiger partial charge in [-0.05, 0) is 0 Å². The average Bonchev–Trinajstić information content (AvgIpc) is 1.67. The first-order valence-electron chi connectivity index (χ1n) is 2.32. The van der Waals surface area contributed by atoms with Gasteiger partial charge in [0.05, 0.1) is 0 Å². The molecule has 0 aliphatic rings. The van der Waals surface area contributed by atoms with Gasteiger partial charge in [-0.2, -0.15) is 0 Å². The monoisotopic (exact) mass is 240 g/mol. The average molecular weight is 240 g/mol. The first kappa shape index (κ1) is 8.59. The van der Waals surface area contributed by atoms with Crippen LogP contribution in [0.3, 0.4) is 0 Å². The molecule has 2 unspecified atom stereocenters. The van der Waals surface area contributed by atoms with Crippen molar-refractivity contribution in [2.24, 2.45) is 0 Å². The predicted molar refractivity (Wildman–Crippen MR) is 37.7 cm³/mol. The van der Waals surface area contributed by atoms with Gasteiger partial charge in [0.1, 0.15) is 0 Å². The summed E-state index contributed by atoms with van der Waals surface area (Å²) in [6, 6.07) is 0. The first-order chi connectivity index (χ1) is 3.50. The van der Waals surface area contributed by atoms with E-state index < -0.39 is 8.96 Å². The van der Waals surface area contributed by atoms with Crippen LogP contribution in [-0.4, -0.2) is 44.8 Å². The molecule has 2 nitrogen and oxygen atoms in total. The minimum absolute atomic E-state index is 0.417. The summed E-state index contributed by atoms with van der Waals surface area (Å²) < 4.78 is -0.417. The van der Waals surface area contributed by atoms with Gasteiger partial charge in [0, 0.05) is 0 Å². The standard InChI is InChI=1S/C4H10As2O2/c1-2-4(5,6)3(7)8/h2,5-6H2,1H3,(H,7,8). The van der Waals surface area contributed by atoms with Gasteiger partial charge in [-0.3, -0.25) is 0 Å². The van der Waals surface area contributed by atoms with E-state index in [2.05, 4.69) is 0 Å². The number of carbonyl (C=O) groups is 1. The van der Waals surface area contributed by atoms with Gasteiger partial charge in [-0.15, -0.1) is 0 Å².